The molecule has 0 aromatic rings. The molecular weight excluding hydrogens is 279 g/mol. The van der Waals surface area contributed by atoms with Gasteiger partial charge in [-0.15, -0.1) is 0 Å². The molecule has 110 valence electrons. The molecule has 0 bridgehead atoms. The molecule has 0 aromatic heterocycles. The minimum absolute atomic E-state index is 0.00418. The first-order valence-electron chi connectivity index (χ1n) is 5.22. The summed E-state index contributed by atoms with van der Waals surface area (Å²) < 4.78 is 34.7. The summed E-state index contributed by atoms with van der Waals surface area (Å²) in [6.07, 6.45) is 0.971. The monoisotopic (exact) mass is 296 g/mol. The molecule has 0 aliphatic rings. The lowest BCUT2D eigenvalue weighted by Crippen LogP contribution is -2.11. The summed E-state index contributed by atoms with van der Waals surface area (Å²) in [5.74, 6) is -1.19. The van der Waals surface area contributed by atoms with Crippen LogP contribution in [-0.4, -0.2) is 39.4 Å². The van der Waals surface area contributed by atoms with Crippen molar-refractivity contribution in [3.8, 4) is 0 Å². The van der Waals surface area contributed by atoms with Crippen molar-refractivity contribution in [3.05, 3.63) is 11.8 Å². The second-order valence-electron chi connectivity index (χ2n) is 3.17. The highest BCUT2D eigenvalue weighted by atomic mass is 31.2. The van der Waals surface area contributed by atoms with E-state index in [-0.39, 0.29) is 19.0 Å². The largest absolute Gasteiger partial charge is 0.529 e. The lowest BCUT2D eigenvalue weighted by atomic mass is 10.5. The zero-order valence-corrected chi connectivity index (χ0v) is 12.1. The molecule has 8 nitrogen and oxygen atoms in total. The Labute approximate surface area is 111 Å². The molecule has 0 radical (unpaired) electrons. The number of phosphoric acid groups is 1. The number of hydrogen-bond acceptors (Lipinski definition) is 8. The van der Waals surface area contributed by atoms with Crippen LogP contribution >= 0.6 is 7.82 Å². The predicted octanol–water partition coefficient (Wildman–Crippen LogP) is 1.41. The Hall–Kier alpha value is -1.37. The Morgan fingerprint density at radius 2 is 1.58 bits per heavy atom. The van der Waals surface area contributed by atoms with E-state index in [1.165, 1.54) is 13.8 Å². The maximum absolute atomic E-state index is 11.6. The number of hydrogen-bond donors (Lipinski definition) is 0. The number of esters is 2. The SMILES string of the molecule is COP(=O)(OC)OC(C)=CC(=O)OCCOC(C)=O. The van der Waals surface area contributed by atoms with Gasteiger partial charge in [0, 0.05) is 21.1 Å². The van der Waals surface area contributed by atoms with Gasteiger partial charge in [0.05, 0.1) is 6.08 Å². The first-order chi connectivity index (χ1) is 8.83. The van der Waals surface area contributed by atoms with E-state index in [4.69, 9.17) is 9.26 Å². The highest BCUT2D eigenvalue weighted by Crippen LogP contribution is 2.49. The molecule has 0 spiro atoms. The van der Waals surface area contributed by atoms with Crippen LogP contribution < -0.4 is 0 Å². The number of rotatable bonds is 8. The average molecular weight is 296 g/mol. The van der Waals surface area contributed by atoms with Gasteiger partial charge in [-0.3, -0.25) is 13.8 Å². The van der Waals surface area contributed by atoms with Crippen molar-refractivity contribution < 1.29 is 37.2 Å². The Balaban J connectivity index is 4.17. The van der Waals surface area contributed by atoms with Gasteiger partial charge in [-0.25, -0.2) is 9.36 Å². The molecular formula is C10H17O8P. The molecule has 0 amide bonds. The lowest BCUT2D eigenvalue weighted by molar-refractivity contribution is -0.148. The van der Waals surface area contributed by atoms with Crippen LogP contribution in [0.25, 0.3) is 0 Å². The number of carbonyl (C=O) groups excluding carboxylic acids is 2. The van der Waals surface area contributed by atoms with E-state index in [9.17, 15) is 14.2 Å². The molecule has 0 saturated carbocycles. The van der Waals surface area contributed by atoms with Crippen molar-refractivity contribution in [2.75, 3.05) is 27.4 Å². The standard InChI is InChI=1S/C10H17O8P/c1-8(18-19(13,14-3)15-4)7-10(12)17-6-5-16-9(2)11/h7H,5-6H2,1-4H3. The normalized spacial score (nSPS) is 11.9. The summed E-state index contributed by atoms with van der Waals surface area (Å²) in [4.78, 5) is 21.7. The zero-order chi connectivity index (χ0) is 14.9. The van der Waals surface area contributed by atoms with Gasteiger partial charge in [-0.1, -0.05) is 0 Å². The van der Waals surface area contributed by atoms with E-state index in [2.05, 4.69) is 13.8 Å². The fourth-order valence-corrected chi connectivity index (χ4v) is 1.59. The molecule has 0 N–H and O–H groups in total. The third-order valence-corrected chi connectivity index (χ3v) is 3.06. The Morgan fingerprint density at radius 1 is 1.05 bits per heavy atom. The molecule has 0 fully saturated rings. The number of allylic oxidation sites excluding steroid dienone is 1. The molecule has 0 aliphatic carbocycles. The fraction of sp³-hybridized carbons (Fsp3) is 0.600. The van der Waals surface area contributed by atoms with E-state index in [0.29, 0.717) is 0 Å². The van der Waals surface area contributed by atoms with Gasteiger partial charge in [-0.2, -0.15) is 0 Å². The van der Waals surface area contributed by atoms with Gasteiger partial charge in [0.1, 0.15) is 19.0 Å². The molecule has 0 aliphatic heterocycles. The van der Waals surface area contributed by atoms with E-state index in [1.807, 2.05) is 0 Å². The molecule has 19 heavy (non-hydrogen) atoms. The van der Waals surface area contributed by atoms with Gasteiger partial charge in [-0.05, 0) is 6.92 Å². The smallest absolute Gasteiger partial charge is 0.462 e. The van der Waals surface area contributed by atoms with Crippen molar-refractivity contribution in [2.45, 2.75) is 13.8 Å². The summed E-state index contributed by atoms with van der Waals surface area (Å²) in [6, 6.07) is 0. The average Bonchev–Trinajstić information content (AvgIpc) is 2.34. The van der Waals surface area contributed by atoms with Crippen molar-refractivity contribution in [2.24, 2.45) is 0 Å². The predicted molar refractivity (Wildman–Crippen MR) is 64.1 cm³/mol. The van der Waals surface area contributed by atoms with Gasteiger partial charge < -0.3 is 14.0 Å². The molecule has 0 unspecified atom stereocenters. The highest BCUT2D eigenvalue weighted by molar-refractivity contribution is 7.48. The van der Waals surface area contributed by atoms with Crippen LogP contribution in [0.5, 0.6) is 0 Å². The van der Waals surface area contributed by atoms with Crippen LogP contribution in [0.15, 0.2) is 11.8 Å². The van der Waals surface area contributed by atoms with Crippen molar-refractivity contribution in [1.29, 1.82) is 0 Å². The summed E-state index contributed by atoms with van der Waals surface area (Å²) in [7, 11) is -1.39. The van der Waals surface area contributed by atoms with Gasteiger partial charge in [0.15, 0.2) is 0 Å². The van der Waals surface area contributed by atoms with Crippen molar-refractivity contribution in [1.82, 2.24) is 0 Å². The molecule has 9 heteroatoms. The van der Waals surface area contributed by atoms with Crippen molar-refractivity contribution in [3.63, 3.8) is 0 Å². The van der Waals surface area contributed by atoms with Gasteiger partial charge >= 0.3 is 19.8 Å². The highest BCUT2D eigenvalue weighted by Gasteiger charge is 2.24. The van der Waals surface area contributed by atoms with E-state index < -0.39 is 19.8 Å². The number of phosphoric ester groups is 1. The maximum atomic E-state index is 11.6. The van der Waals surface area contributed by atoms with Crippen LogP contribution in [0.4, 0.5) is 0 Å². The topological polar surface area (TPSA) is 97.4 Å². The van der Waals surface area contributed by atoms with Crippen LogP contribution in [0.1, 0.15) is 13.8 Å². The van der Waals surface area contributed by atoms with Crippen molar-refractivity contribution >= 4 is 19.8 Å². The lowest BCUT2D eigenvalue weighted by Gasteiger charge is -2.14. The summed E-state index contributed by atoms with van der Waals surface area (Å²) in [5, 5.41) is 0. The second-order valence-corrected chi connectivity index (χ2v) is 4.97. The Kier molecular flexibility index (Phi) is 8.06. The second kappa shape index (κ2) is 8.68. The van der Waals surface area contributed by atoms with E-state index >= 15 is 0 Å². The molecule has 0 atom stereocenters. The van der Waals surface area contributed by atoms with E-state index in [1.54, 1.807) is 0 Å². The zero-order valence-electron chi connectivity index (χ0n) is 11.2. The van der Waals surface area contributed by atoms with Crippen LogP contribution in [0.3, 0.4) is 0 Å². The summed E-state index contributed by atoms with van der Waals surface area (Å²) in [5.41, 5.74) is 0. The molecule has 0 rings (SSSR count). The first-order valence-corrected chi connectivity index (χ1v) is 6.68. The summed E-state index contributed by atoms with van der Waals surface area (Å²) >= 11 is 0. The van der Waals surface area contributed by atoms with Crippen LogP contribution in [0, 0.1) is 0 Å². The van der Waals surface area contributed by atoms with Crippen LogP contribution in [-0.2, 0) is 37.2 Å². The molecule has 0 aromatic carbocycles. The Bertz CT molecular complexity index is 381. The minimum atomic E-state index is -3.68. The van der Waals surface area contributed by atoms with Gasteiger partial charge in [0.25, 0.3) is 0 Å². The molecule has 0 saturated heterocycles. The molecule has 0 heterocycles. The third-order valence-electron chi connectivity index (χ3n) is 1.66. The third kappa shape index (κ3) is 8.36. The maximum Gasteiger partial charge on any atom is 0.529 e. The van der Waals surface area contributed by atoms with Crippen LogP contribution in [0.2, 0.25) is 0 Å². The quantitative estimate of drug-likeness (QED) is 0.218. The van der Waals surface area contributed by atoms with Gasteiger partial charge in [0.2, 0.25) is 0 Å². The Morgan fingerprint density at radius 3 is 2.05 bits per heavy atom. The summed E-state index contributed by atoms with van der Waals surface area (Å²) in [6.45, 7) is 2.50. The van der Waals surface area contributed by atoms with E-state index in [0.717, 1.165) is 20.3 Å². The first kappa shape index (κ1) is 17.6. The number of carbonyl (C=O) groups is 2. The fourth-order valence-electron chi connectivity index (χ4n) is 0.887. The minimum Gasteiger partial charge on any atom is -0.462 e. The number of ether oxygens (including phenoxy) is 2.